The minimum absolute atomic E-state index is 0.142. The first-order valence-corrected chi connectivity index (χ1v) is 8.26. The van der Waals surface area contributed by atoms with Crippen molar-refractivity contribution in [3.05, 3.63) is 48.5 Å². The van der Waals surface area contributed by atoms with Gasteiger partial charge in [-0.2, -0.15) is 0 Å². The molecule has 4 nitrogen and oxygen atoms in total. The van der Waals surface area contributed by atoms with E-state index in [-0.39, 0.29) is 5.91 Å². The molecule has 1 aromatic heterocycles. The number of amides is 1. The second-order valence-corrected chi connectivity index (χ2v) is 5.92. The van der Waals surface area contributed by atoms with E-state index in [0.29, 0.717) is 13.0 Å². The maximum absolute atomic E-state index is 11.7. The molecule has 21 heavy (non-hydrogen) atoms. The van der Waals surface area contributed by atoms with Crippen LogP contribution in [0.3, 0.4) is 0 Å². The van der Waals surface area contributed by atoms with E-state index in [9.17, 15) is 4.79 Å². The molecule has 0 aliphatic rings. The lowest BCUT2D eigenvalue weighted by molar-refractivity contribution is -0.121. The monoisotopic (exact) mass is 303 g/mol. The first kappa shape index (κ1) is 15.6. The molecular weight excluding hydrogens is 282 g/mol. The second kappa shape index (κ2) is 9.23. The van der Waals surface area contributed by atoms with Gasteiger partial charge in [0.05, 0.1) is 0 Å². The Bertz CT molecular complexity index is 514. The lowest BCUT2D eigenvalue weighted by Crippen LogP contribution is -2.24. The van der Waals surface area contributed by atoms with Crippen molar-refractivity contribution in [2.75, 3.05) is 12.3 Å². The van der Waals surface area contributed by atoms with Crippen molar-refractivity contribution in [1.82, 2.24) is 15.3 Å². The number of aromatic nitrogens is 2. The third kappa shape index (κ3) is 6.49. The van der Waals surface area contributed by atoms with Crippen LogP contribution in [0.5, 0.6) is 0 Å². The minimum Gasteiger partial charge on any atom is -0.356 e. The van der Waals surface area contributed by atoms with Crippen LogP contribution < -0.4 is 5.32 Å². The molecule has 0 saturated heterocycles. The Morgan fingerprint density at radius 3 is 2.86 bits per heavy atom. The van der Waals surface area contributed by atoms with E-state index in [0.717, 1.165) is 30.8 Å². The summed E-state index contributed by atoms with van der Waals surface area (Å²) >= 11 is 1.80. The van der Waals surface area contributed by atoms with Gasteiger partial charge in [-0.15, -0.1) is 11.8 Å². The lowest BCUT2D eigenvalue weighted by atomic mass is 10.3. The zero-order valence-corrected chi connectivity index (χ0v) is 12.9. The topological polar surface area (TPSA) is 57.8 Å². The summed E-state index contributed by atoms with van der Waals surface area (Å²) in [7, 11) is 0. The molecule has 2 N–H and O–H groups in total. The van der Waals surface area contributed by atoms with Gasteiger partial charge >= 0.3 is 0 Å². The average Bonchev–Trinajstić information content (AvgIpc) is 3.02. The molecule has 0 unspecified atom stereocenters. The lowest BCUT2D eigenvalue weighted by Gasteiger charge is -2.04. The van der Waals surface area contributed by atoms with Crippen molar-refractivity contribution in [1.29, 1.82) is 0 Å². The van der Waals surface area contributed by atoms with Crippen LogP contribution in [0.1, 0.15) is 25.1 Å². The van der Waals surface area contributed by atoms with Crippen LogP contribution in [0.2, 0.25) is 0 Å². The Hall–Kier alpha value is -1.75. The fourth-order valence-electron chi connectivity index (χ4n) is 1.95. The van der Waals surface area contributed by atoms with Crippen LogP contribution >= 0.6 is 11.8 Å². The molecule has 0 aliphatic heterocycles. The number of H-pyrrole nitrogens is 1. The molecule has 0 fully saturated rings. The van der Waals surface area contributed by atoms with Gasteiger partial charge in [-0.25, -0.2) is 4.98 Å². The molecule has 2 aromatic rings. The number of aryl methyl sites for hydroxylation is 1. The largest absolute Gasteiger partial charge is 0.356 e. The van der Waals surface area contributed by atoms with Gasteiger partial charge in [0.15, 0.2) is 0 Å². The summed E-state index contributed by atoms with van der Waals surface area (Å²) in [4.78, 5) is 20.1. The van der Waals surface area contributed by atoms with Gasteiger partial charge in [-0.1, -0.05) is 18.2 Å². The third-order valence-electron chi connectivity index (χ3n) is 3.03. The molecule has 1 amide bonds. The molecular formula is C16H21N3OS. The summed E-state index contributed by atoms with van der Waals surface area (Å²) in [6, 6.07) is 10.3. The highest BCUT2D eigenvalue weighted by Gasteiger charge is 2.01. The van der Waals surface area contributed by atoms with E-state index in [4.69, 9.17) is 0 Å². The molecule has 0 aliphatic carbocycles. The first-order valence-electron chi connectivity index (χ1n) is 7.27. The number of carbonyl (C=O) groups excluding carboxylic acids is 1. The molecule has 0 bridgehead atoms. The van der Waals surface area contributed by atoms with E-state index < -0.39 is 0 Å². The van der Waals surface area contributed by atoms with E-state index >= 15 is 0 Å². The summed E-state index contributed by atoms with van der Waals surface area (Å²) in [5.41, 5.74) is 0. The van der Waals surface area contributed by atoms with Crippen LogP contribution in [0.25, 0.3) is 0 Å². The Labute approximate surface area is 129 Å². The number of benzene rings is 1. The second-order valence-electron chi connectivity index (χ2n) is 4.75. The number of aromatic amines is 1. The molecule has 2 rings (SSSR count). The molecule has 0 atom stereocenters. The molecule has 5 heteroatoms. The summed E-state index contributed by atoms with van der Waals surface area (Å²) in [6.07, 6.45) is 6.86. The quantitative estimate of drug-likeness (QED) is 0.553. The molecule has 1 aromatic carbocycles. The molecule has 0 saturated carbocycles. The van der Waals surface area contributed by atoms with Crippen LogP contribution in [0, 0.1) is 0 Å². The van der Waals surface area contributed by atoms with E-state index in [2.05, 4.69) is 27.4 Å². The van der Waals surface area contributed by atoms with E-state index in [1.165, 1.54) is 4.90 Å². The third-order valence-corrected chi connectivity index (χ3v) is 4.13. The predicted molar refractivity (Wildman–Crippen MR) is 86.3 cm³/mol. The highest BCUT2D eigenvalue weighted by atomic mass is 32.2. The molecule has 1 heterocycles. The van der Waals surface area contributed by atoms with Crippen molar-refractivity contribution < 1.29 is 4.79 Å². The van der Waals surface area contributed by atoms with Gasteiger partial charge in [-0.3, -0.25) is 4.79 Å². The number of hydrogen-bond acceptors (Lipinski definition) is 3. The van der Waals surface area contributed by atoms with Crippen molar-refractivity contribution in [2.24, 2.45) is 0 Å². The highest BCUT2D eigenvalue weighted by molar-refractivity contribution is 7.99. The Kier molecular flexibility index (Phi) is 6.88. The molecule has 0 radical (unpaired) electrons. The highest BCUT2D eigenvalue weighted by Crippen LogP contribution is 2.18. The normalized spacial score (nSPS) is 10.5. The van der Waals surface area contributed by atoms with Gasteiger partial charge < -0.3 is 10.3 Å². The Morgan fingerprint density at radius 1 is 1.24 bits per heavy atom. The zero-order chi connectivity index (χ0) is 14.8. The number of carbonyl (C=O) groups is 1. The van der Waals surface area contributed by atoms with Crippen molar-refractivity contribution in [2.45, 2.75) is 30.6 Å². The van der Waals surface area contributed by atoms with Crippen molar-refractivity contribution in [3.63, 3.8) is 0 Å². The summed E-state index contributed by atoms with van der Waals surface area (Å²) in [5.74, 6) is 2.09. The van der Waals surface area contributed by atoms with E-state index in [1.807, 2.05) is 24.4 Å². The van der Waals surface area contributed by atoms with Gasteiger partial charge in [0.1, 0.15) is 5.82 Å². The first-order chi connectivity index (χ1) is 10.3. The van der Waals surface area contributed by atoms with Gasteiger partial charge in [0.25, 0.3) is 0 Å². The summed E-state index contributed by atoms with van der Waals surface area (Å²) < 4.78 is 0. The van der Waals surface area contributed by atoms with Gasteiger partial charge in [0, 0.05) is 36.7 Å². The smallest absolute Gasteiger partial charge is 0.220 e. The fraction of sp³-hybridized carbons (Fsp3) is 0.375. The standard InChI is InChI=1S/C16H21N3OS/c20-16(19-10-4-8-15-17-11-12-18-15)9-5-13-21-14-6-2-1-3-7-14/h1-3,6-7,11-12H,4-5,8-10,13H2,(H,17,18)(H,19,20). The fourth-order valence-corrected chi connectivity index (χ4v) is 2.82. The van der Waals surface area contributed by atoms with Gasteiger partial charge in [0.2, 0.25) is 5.91 Å². The van der Waals surface area contributed by atoms with Crippen molar-refractivity contribution >= 4 is 17.7 Å². The van der Waals surface area contributed by atoms with E-state index in [1.54, 1.807) is 18.0 Å². The van der Waals surface area contributed by atoms with Crippen LogP contribution in [0.15, 0.2) is 47.6 Å². The van der Waals surface area contributed by atoms with Crippen LogP contribution in [-0.2, 0) is 11.2 Å². The Balaban J connectivity index is 1.48. The number of imidazole rings is 1. The van der Waals surface area contributed by atoms with Crippen LogP contribution in [-0.4, -0.2) is 28.2 Å². The Morgan fingerprint density at radius 2 is 2.10 bits per heavy atom. The molecule has 112 valence electrons. The number of hydrogen-bond donors (Lipinski definition) is 2. The predicted octanol–water partition coefficient (Wildman–Crippen LogP) is 3.03. The maximum atomic E-state index is 11.7. The number of rotatable bonds is 9. The minimum atomic E-state index is 0.142. The van der Waals surface area contributed by atoms with Gasteiger partial charge in [-0.05, 0) is 30.7 Å². The van der Waals surface area contributed by atoms with Crippen molar-refractivity contribution in [3.8, 4) is 0 Å². The van der Waals surface area contributed by atoms with Crippen LogP contribution in [0.4, 0.5) is 0 Å². The number of nitrogens with zero attached hydrogens (tertiary/aromatic N) is 1. The maximum Gasteiger partial charge on any atom is 0.220 e. The summed E-state index contributed by atoms with van der Waals surface area (Å²) in [5, 5.41) is 2.95. The summed E-state index contributed by atoms with van der Waals surface area (Å²) in [6.45, 7) is 0.714. The zero-order valence-electron chi connectivity index (χ0n) is 12.0. The average molecular weight is 303 g/mol. The SMILES string of the molecule is O=C(CCCSc1ccccc1)NCCCc1ncc[nH]1. The number of nitrogens with one attached hydrogen (secondary N) is 2. The molecule has 0 spiro atoms. The number of thioether (sulfide) groups is 1.